The lowest BCUT2D eigenvalue weighted by Gasteiger charge is -2.22. The van der Waals surface area contributed by atoms with Crippen molar-refractivity contribution in [3.8, 4) is 10.6 Å². The molecule has 5 nitrogen and oxygen atoms in total. The first-order valence-corrected chi connectivity index (χ1v) is 6.81. The van der Waals surface area contributed by atoms with Gasteiger partial charge in [0, 0.05) is 37.2 Å². The van der Waals surface area contributed by atoms with Gasteiger partial charge in [0.05, 0.1) is 0 Å². The van der Waals surface area contributed by atoms with E-state index in [2.05, 4.69) is 20.5 Å². The molecule has 3 heterocycles. The summed E-state index contributed by atoms with van der Waals surface area (Å²) in [5.41, 5.74) is 1.01. The summed E-state index contributed by atoms with van der Waals surface area (Å²) < 4.78 is 5.33. The number of nitrogens with one attached hydrogen (secondary N) is 1. The van der Waals surface area contributed by atoms with Gasteiger partial charge in [0.2, 0.25) is 5.13 Å². The predicted octanol–water partition coefficient (Wildman–Crippen LogP) is 2.19. The van der Waals surface area contributed by atoms with Gasteiger partial charge in [-0.25, -0.2) is 0 Å². The smallest absolute Gasteiger partial charge is 0.206 e. The number of hydrogen-bond donors (Lipinski definition) is 1. The lowest BCUT2D eigenvalue weighted by Crippen LogP contribution is -2.27. The molecule has 0 atom stereocenters. The maximum atomic E-state index is 5.33. The van der Waals surface area contributed by atoms with E-state index in [1.807, 2.05) is 12.1 Å². The Morgan fingerprint density at radius 2 is 2.17 bits per heavy atom. The summed E-state index contributed by atoms with van der Waals surface area (Å²) in [6.07, 6.45) is 5.62. The lowest BCUT2D eigenvalue weighted by atomic mass is 10.1. The van der Waals surface area contributed by atoms with Crippen LogP contribution in [0.4, 0.5) is 5.13 Å². The summed E-state index contributed by atoms with van der Waals surface area (Å²) in [5, 5.41) is 13.6. The molecule has 0 saturated carbocycles. The Hall–Kier alpha value is -1.53. The predicted molar refractivity (Wildman–Crippen MR) is 70.6 cm³/mol. The molecule has 1 saturated heterocycles. The maximum Gasteiger partial charge on any atom is 0.206 e. The van der Waals surface area contributed by atoms with Crippen LogP contribution in [0.15, 0.2) is 24.5 Å². The third-order valence-corrected chi connectivity index (χ3v) is 3.79. The first-order chi connectivity index (χ1) is 8.92. The molecule has 0 unspecified atom stereocenters. The van der Waals surface area contributed by atoms with Crippen LogP contribution >= 0.6 is 11.3 Å². The van der Waals surface area contributed by atoms with Crippen molar-refractivity contribution in [1.29, 1.82) is 0 Å². The van der Waals surface area contributed by atoms with E-state index in [1.165, 1.54) is 0 Å². The second-order valence-corrected chi connectivity index (χ2v) is 5.16. The molecule has 3 rings (SSSR count). The third kappa shape index (κ3) is 2.65. The fourth-order valence-corrected chi connectivity index (χ4v) is 2.71. The summed E-state index contributed by atoms with van der Waals surface area (Å²) in [4.78, 5) is 4.09. The molecule has 0 aromatic carbocycles. The molecule has 2 aromatic rings. The number of ether oxygens (including phenoxy) is 1. The van der Waals surface area contributed by atoms with Gasteiger partial charge in [0.15, 0.2) is 5.01 Å². The van der Waals surface area contributed by atoms with Gasteiger partial charge in [-0.2, -0.15) is 0 Å². The molecule has 0 spiro atoms. The highest BCUT2D eigenvalue weighted by atomic mass is 32.1. The van der Waals surface area contributed by atoms with E-state index in [0.717, 1.165) is 41.8 Å². The molecule has 2 aromatic heterocycles. The van der Waals surface area contributed by atoms with E-state index in [0.29, 0.717) is 6.04 Å². The summed E-state index contributed by atoms with van der Waals surface area (Å²) in [6.45, 7) is 1.65. The number of aromatic nitrogens is 3. The number of anilines is 1. The van der Waals surface area contributed by atoms with Crippen LogP contribution in [0.1, 0.15) is 12.8 Å². The minimum Gasteiger partial charge on any atom is -0.381 e. The molecule has 0 bridgehead atoms. The van der Waals surface area contributed by atoms with E-state index < -0.39 is 0 Å². The van der Waals surface area contributed by atoms with Crippen molar-refractivity contribution in [2.45, 2.75) is 18.9 Å². The molecule has 1 aliphatic heterocycles. The van der Waals surface area contributed by atoms with Crippen LogP contribution in [0.25, 0.3) is 10.6 Å². The minimum atomic E-state index is 0.452. The number of nitrogens with zero attached hydrogens (tertiary/aromatic N) is 3. The van der Waals surface area contributed by atoms with Crippen molar-refractivity contribution in [2.24, 2.45) is 0 Å². The van der Waals surface area contributed by atoms with Crippen LogP contribution in [0.5, 0.6) is 0 Å². The van der Waals surface area contributed by atoms with Crippen LogP contribution in [-0.2, 0) is 4.74 Å². The topological polar surface area (TPSA) is 59.9 Å². The lowest BCUT2D eigenvalue weighted by molar-refractivity contribution is 0.0904. The molecule has 1 fully saturated rings. The van der Waals surface area contributed by atoms with Crippen molar-refractivity contribution < 1.29 is 4.74 Å². The highest BCUT2D eigenvalue weighted by Crippen LogP contribution is 2.26. The van der Waals surface area contributed by atoms with Gasteiger partial charge in [-0.05, 0) is 25.0 Å². The van der Waals surface area contributed by atoms with E-state index in [-0.39, 0.29) is 0 Å². The summed E-state index contributed by atoms with van der Waals surface area (Å²) >= 11 is 1.57. The van der Waals surface area contributed by atoms with Gasteiger partial charge in [0.25, 0.3) is 0 Å². The molecule has 0 aliphatic carbocycles. The Kier molecular flexibility index (Phi) is 3.47. The number of rotatable bonds is 3. The highest BCUT2D eigenvalue weighted by molar-refractivity contribution is 7.18. The second-order valence-electron chi connectivity index (χ2n) is 4.19. The van der Waals surface area contributed by atoms with Gasteiger partial charge in [0.1, 0.15) is 0 Å². The van der Waals surface area contributed by atoms with Crippen molar-refractivity contribution >= 4 is 16.5 Å². The summed E-state index contributed by atoms with van der Waals surface area (Å²) in [7, 11) is 0. The van der Waals surface area contributed by atoms with Gasteiger partial charge in [-0.15, -0.1) is 10.2 Å². The number of hydrogen-bond acceptors (Lipinski definition) is 6. The van der Waals surface area contributed by atoms with Crippen LogP contribution in [0.2, 0.25) is 0 Å². The van der Waals surface area contributed by atoms with Crippen LogP contribution in [-0.4, -0.2) is 34.4 Å². The molecule has 0 amide bonds. The van der Waals surface area contributed by atoms with Crippen LogP contribution < -0.4 is 5.32 Å². The summed E-state index contributed by atoms with van der Waals surface area (Å²) in [6, 6.07) is 4.35. The minimum absolute atomic E-state index is 0.452. The Labute approximate surface area is 109 Å². The molecule has 1 aliphatic rings. The fourth-order valence-electron chi connectivity index (χ4n) is 1.90. The molecule has 1 N–H and O–H groups in total. The zero-order chi connectivity index (χ0) is 12.2. The molecular weight excluding hydrogens is 248 g/mol. The standard InChI is InChI=1S/C12H14N4OS/c1-2-9(8-13-5-1)11-15-16-12(18-11)14-10-3-6-17-7-4-10/h1-2,5,8,10H,3-4,6-7H2,(H,14,16). The van der Waals surface area contributed by atoms with Gasteiger partial charge < -0.3 is 10.1 Å². The Morgan fingerprint density at radius 1 is 1.28 bits per heavy atom. The largest absolute Gasteiger partial charge is 0.381 e. The average molecular weight is 262 g/mol. The SMILES string of the molecule is c1cncc(-c2nnc(NC3CCOCC3)s2)c1. The fraction of sp³-hybridized carbons (Fsp3) is 0.417. The van der Waals surface area contributed by atoms with E-state index in [9.17, 15) is 0 Å². The van der Waals surface area contributed by atoms with Crippen LogP contribution in [0.3, 0.4) is 0 Å². The van der Waals surface area contributed by atoms with Crippen molar-refractivity contribution in [1.82, 2.24) is 15.2 Å². The van der Waals surface area contributed by atoms with Crippen molar-refractivity contribution in [3.63, 3.8) is 0 Å². The molecular formula is C12H14N4OS. The zero-order valence-corrected chi connectivity index (χ0v) is 10.7. The molecule has 18 heavy (non-hydrogen) atoms. The molecule has 0 radical (unpaired) electrons. The quantitative estimate of drug-likeness (QED) is 0.918. The van der Waals surface area contributed by atoms with E-state index >= 15 is 0 Å². The van der Waals surface area contributed by atoms with Crippen molar-refractivity contribution in [3.05, 3.63) is 24.5 Å². The molecule has 94 valence electrons. The summed E-state index contributed by atoms with van der Waals surface area (Å²) in [5.74, 6) is 0. The Morgan fingerprint density at radius 3 is 2.94 bits per heavy atom. The van der Waals surface area contributed by atoms with Gasteiger partial charge in [-0.3, -0.25) is 4.98 Å². The maximum absolute atomic E-state index is 5.33. The van der Waals surface area contributed by atoms with Crippen molar-refractivity contribution in [2.75, 3.05) is 18.5 Å². The second kappa shape index (κ2) is 5.41. The highest BCUT2D eigenvalue weighted by Gasteiger charge is 2.15. The van der Waals surface area contributed by atoms with Gasteiger partial charge >= 0.3 is 0 Å². The first-order valence-electron chi connectivity index (χ1n) is 6.00. The first kappa shape index (κ1) is 11.6. The van der Waals surface area contributed by atoms with Crippen LogP contribution in [0, 0.1) is 0 Å². The third-order valence-electron chi connectivity index (χ3n) is 2.88. The van der Waals surface area contributed by atoms with E-state index in [4.69, 9.17) is 4.74 Å². The Balaban J connectivity index is 1.69. The average Bonchev–Trinajstić information content (AvgIpc) is 2.89. The van der Waals surface area contributed by atoms with Gasteiger partial charge in [-0.1, -0.05) is 11.3 Å². The zero-order valence-electron chi connectivity index (χ0n) is 9.87. The molecule has 6 heteroatoms. The Bertz CT molecular complexity index is 496. The van der Waals surface area contributed by atoms with E-state index in [1.54, 1.807) is 23.7 Å². The normalized spacial score (nSPS) is 16.7. The number of pyridine rings is 1. The monoisotopic (exact) mass is 262 g/mol.